The second-order valence-electron chi connectivity index (χ2n) is 4.85. The minimum absolute atomic E-state index is 0.866. The molecule has 2 aromatic rings. The average molecular weight is 259 g/mol. The van der Waals surface area contributed by atoms with E-state index in [2.05, 4.69) is 34.3 Å². The van der Waals surface area contributed by atoms with E-state index >= 15 is 0 Å². The molecule has 0 fully saturated rings. The van der Waals surface area contributed by atoms with Gasteiger partial charge in [-0.3, -0.25) is 4.90 Å². The van der Waals surface area contributed by atoms with Gasteiger partial charge in [-0.15, -0.1) is 11.3 Å². The molecule has 1 aliphatic rings. The highest BCUT2D eigenvalue weighted by molar-refractivity contribution is 7.09. The van der Waals surface area contributed by atoms with Gasteiger partial charge < -0.3 is 5.73 Å². The Morgan fingerprint density at radius 2 is 2.17 bits per heavy atom. The zero-order valence-corrected chi connectivity index (χ0v) is 11.3. The predicted octanol–water partition coefficient (Wildman–Crippen LogP) is 2.59. The van der Waals surface area contributed by atoms with Crippen molar-refractivity contribution in [3.8, 4) is 0 Å². The van der Waals surface area contributed by atoms with Gasteiger partial charge in [-0.2, -0.15) is 0 Å². The molecule has 0 saturated carbocycles. The summed E-state index contributed by atoms with van der Waals surface area (Å²) in [5.74, 6) is 0. The van der Waals surface area contributed by atoms with Crippen molar-refractivity contribution in [2.24, 2.45) is 0 Å². The molecule has 4 heteroatoms. The van der Waals surface area contributed by atoms with E-state index in [4.69, 9.17) is 5.73 Å². The highest BCUT2D eigenvalue weighted by Crippen LogP contribution is 2.24. The van der Waals surface area contributed by atoms with Gasteiger partial charge in [0.15, 0.2) is 0 Å². The number of fused-ring (bicyclic) bond motifs is 1. The molecule has 18 heavy (non-hydrogen) atoms. The summed E-state index contributed by atoms with van der Waals surface area (Å²) in [6.45, 7) is 5.18. The minimum Gasteiger partial charge on any atom is -0.399 e. The Hall–Kier alpha value is -1.39. The summed E-state index contributed by atoms with van der Waals surface area (Å²) >= 11 is 1.73. The monoisotopic (exact) mass is 259 g/mol. The second-order valence-corrected chi connectivity index (χ2v) is 5.91. The Morgan fingerprint density at radius 3 is 2.94 bits per heavy atom. The van der Waals surface area contributed by atoms with Crippen LogP contribution in [0.15, 0.2) is 23.6 Å². The summed E-state index contributed by atoms with van der Waals surface area (Å²) in [5.41, 5.74) is 10.7. The van der Waals surface area contributed by atoms with Crippen LogP contribution in [0.5, 0.6) is 0 Å². The SMILES string of the molecule is Cc1nc(CCN2Cc3ccc(N)cc3C2)cs1. The van der Waals surface area contributed by atoms with Crippen molar-refractivity contribution >= 4 is 17.0 Å². The van der Waals surface area contributed by atoms with Crippen LogP contribution in [0.3, 0.4) is 0 Å². The Kier molecular flexibility index (Phi) is 3.06. The molecule has 0 unspecified atom stereocenters. The molecule has 3 rings (SSSR count). The van der Waals surface area contributed by atoms with Crippen LogP contribution in [0.1, 0.15) is 21.8 Å². The highest BCUT2D eigenvalue weighted by atomic mass is 32.1. The number of thiazole rings is 1. The van der Waals surface area contributed by atoms with Gasteiger partial charge >= 0.3 is 0 Å². The number of hydrogen-bond donors (Lipinski definition) is 1. The standard InChI is InChI=1S/C14H17N3S/c1-10-16-14(9-18-10)4-5-17-7-11-2-3-13(15)6-12(11)8-17/h2-3,6,9H,4-5,7-8,15H2,1H3. The van der Waals surface area contributed by atoms with Crippen molar-refractivity contribution in [1.82, 2.24) is 9.88 Å². The quantitative estimate of drug-likeness (QED) is 0.862. The number of aryl methyl sites for hydroxylation is 1. The molecule has 3 nitrogen and oxygen atoms in total. The Labute approximate surface area is 111 Å². The third-order valence-corrected chi connectivity index (χ3v) is 4.19. The zero-order valence-electron chi connectivity index (χ0n) is 10.5. The number of nitrogens with zero attached hydrogens (tertiary/aromatic N) is 2. The number of benzene rings is 1. The predicted molar refractivity (Wildman–Crippen MR) is 75.5 cm³/mol. The van der Waals surface area contributed by atoms with Crippen LogP contribution < -0.4 is 5.73 Å². The molecule has 94 valence electrons. The summed E-state index contributed by atoms with van der Waals surface area (Å²) in [4.78, 5) is 6.96. The largest absolute Gasteiger partial charge is 0.399 e. The Bertz CT molecular complexity index is 562. The van der Waals surface area contributed by atoms with Crippen molar-refractivity contribution in [2.75, 3.05) is 12.3 Å². The normalized spacial score (nSPS) is 14.9. The molecular formula is C14H17N3S. The van der Waals surface area contributed by atoms with Gasteiger partial charge in [0.2, 0.25) is 0 Å². The van der Waals surface area contributed by atoms with Crippen LogP contribution in [-0.2, 0) is 19.5 Å². The topological polar surface area (TPSA) is 42.2 Å². The number of anilines is 1. The Balaban J connectivity index is 1.61. The highest BCUT2D eigenvalue weighted by Gasteiger charge is 2.18. The van der Waals surface area contributed by atoms with Gasteiger partial charge in [-0.1, -0.05) is 6.07 Å². The van der Waals surface area contributed by atoms with E-state index in [1.807, 2.05) is 6.07 Å². The first-order valence-corrected chi connectivity index (χ1v) is 7.09. The average Bonchev–Trinajstić information content (AvgIpc) is 2.92. The summed E-state index contributed by atoms with van der Waals surface area (Å²) in [5, 5.41) is 3.32. The molecule has 0 amide bonds. The van der Waals surface area contributed by atoms with Crippen molar-refractivity contribution in [1.29, 1.82) is 0 Å². The van der Waals surface area contributed by atoms with E-state index in [0.717, 1.165) is 36.8 Å². The van der Waals surface area contributed by atoms with E-state index in [0.29, 0.717) is 0 Å². The fourth-order valence-electron chi connectivity index (χ4n) is 2.44. The Morgan fingerprint density at radius 1 is 1.33 bits per heavy atom. The zero-order chi connectivity index (χ0) is 12.5. The summed E-state index contributed by atoms with van der Waals surface area (Å²) in [6, 6.07) is 6.24. The molecule has 0 bridgehead atoms. The molecule has 0 saturated heterocycles. The fourth-order valence-corrected chi connectivity index (χ4v) is 3.09. The molecule has 1 aromatic carbocycles. The molecule has 0 spiro atoms. The van der Waals surface area contributed by atoms with Crippen molar-refractivity contribution < 1.29 is 0 Å². The van der Waals surface area contributed by atoms with E-state index < -0.39 is 0 Å². The lowest BCUT2D eigenvalue weighted by Gasteiger charge is -2.13. The molecule has 0 atom stereocenters. The summed E-state index contributed by atoms with van der Waals surface area (Å²) in [7, 11) is 0. The first kappa shape index (κ1) is 11.7. The maximum Gasteiger partial charge on any atom is 0.0897 e. The van der Waals surface area contributed by atoms with Crippen LogP contribution in [0.4, 0.5) is 5.69 Å². The molecular weight excluding hydrogens is 242 g/mol. The maximum atomic E-state index is 5.82. The van der Waals surface area contributed by atoms with Gasteiger partial charge in [-0.25, -0.2) is 4.98 Å². The van der Waals surface area contributed by atoms with Gasteiger partial charge in [0.05, 0.1) is 10.7 Å². The second kappa shape index (κ2) is 4.71. The number of nitrogen functional groups attached to an aromatic ring is 1. The van der Waals surface area contributed by atoms with E-state index in [1.54, 1.807) is 11.3 Å². The lowest BCUT2D eigenvalue weighted by atomic mass is 10.1. The van der Waals surface area contributed by atoms with Gasteiger partial charge in [0.25, 0.3) is 0 Å². The molecule has 0 aliphatic carbocycles. The van der Waals surface area contributed by atoms with Gasteiger partial charge in [-0.05, 0) is 30.2 Å². The number of aromatic nitrogens is 1. The number of rotatable bonds is 3. The van der Waals surface area contributed by atoms with Crippen molar-refractivity contribution in [3.05, 3.63) is 45.4 Å². The van der Waals surface area contributed by atoms with E-state index in [9.17, 15) is 0 Å². The van der Waals surface area contributed by atoms with Crippen LogP contribution in [-0.4, -0.2) is 16.4 Å². The minimum atomic E-state index is 0.866. The van der Waals surface area contributed by atoms with E-state index in [-0.39, 0.29) is 0 Å². The maximum absolute atomic E-state index is 5.82. The first-order valence-electron chi connectivity index (χ1n) is 6.21. The third kappa shape index (κ3) is 2.40. The number of nitrogens with two attached hydrogens (primary N) is 1. The van der Waals surface area contributed by atoms with Crippen LogP contribution in [0.2, 0.25) is 0 Å². The molecule has 2 heterocycles. The number of hydrogen-bond acceptors (Lipinski definition) is 4. The lowest BCUT2D eigenvalue weighted by molar-refractivity contribution is 0.287. The molecule has 0 radical (unpaired) electrons. The van der Waals surface area contributed by atoms with Gasteiger partial charge in [0.1, 0.15) is 0 Å². The van der Waals surface area contributed by atoms with Gasteiger partial charge in [0, 0.05) is 37.1 Å². The molecule has 2 N–H and O–H groups in total. The van der Waals surface area contributed by atoms with Crippen LogP contribution in [0.25, 0.3) is 0 Å². The summed E-state index contributed by atoms with van der Waals surface area (Å²) < 4.78 is 0. The third-order valence-electron chi connectivity index (χ3n) is 3.37. The van der Waals surface area contributed by atoms with Crippen LogP contribution in [0, 0.1) is 6.92 Å². The van der Waals surface area contributed by atoms with E-state index in [1.165, 1.54) is 16.8 Å². The van der Waals surface area contributed by atoms with Crippen molar-refractivity contribution in [3.63, 3.8) is 0 Å². The lowest BCUT2D eigenvalue weighted by Crippen LogP contribution is -2.19. The molecule has 1 aliphatic heterocycles. The first-order chi connectivity index (χ1) is 8.70. The summed E-state index contributed by atoms with van der Waals surface area (Å²) in [6.07, 6.45) is 1.04. The smallest absolute Gasteiger partial charge is 0.0897 e. The fraction of sp³-hybridized carbons (Fsp3) is 0.357. The van der Waals surface area contributed by atoms with Crippen molar-refractivity contribution in [2.45, 2.75) is 26.4 Å². The molecule has 1 aromatic heterocycles. The van der Waals surface area contributed by atoms with Crippen LogP contribution >= 0.6 is 11.3 Å².